The molecule has 0 aromatic carbocycles. The van der Waals surface area contributed by atoms with Gasteiger partial charge in [0.2, 0.25) is 15.9 Å². The highest BCUT2D eigenvalue weighted by Crippen LogP contribution is 2.29. The van der Waals surface area contributed by atoms with Gasteiger partial charge in [-0.05, 0) is 45.4 Å². The summed E-state index contributed by atoms with van der Waals surface area (Å²) < 4.78 is 32.2. The van der Waals surface area contributed by atoms with Gasteiger partial charge in [0, 0.05) is 25.6 Å². The lowest BCUT2D eigenvalue weighted by atomic mass is 9.94. The van der Waals surface area contributed by atoms with E-state index >= 15 is 0 Å². The van der Waals surface area contributed by atoms with Crippen molar-refractivity contribution in [2.75, 3.05) is 13.1 Å². The van der Waals surface area contributed by atoms with Gasteiger partial charge in [-0.1, -0.05) is 30.8 Å². The zero-order valence-corrected chi connectivity index (χ0v) is 17.2. The number of hydrogen-bond acceptors (Lipinski definition) is 5. The normalized spacial score (nSPS) is 21.1. The predicted molar refractivity (Wildman–Crippen MR) is 102 cm³/mol. The Labute approximate surface area is 161 Å². The topological polar surface area (TPSA) is 92.5 Å². The highest BCUT2D eigenvalue weighted by Gasteiger charge is 2.34. The molecule has 3 rings (SSSR count). The molecule has 0 unspecified atom stereocenters. The van der Waals surface area contributed by atoms with Crippen LogP contribution in [0, 0.1) is 19.8 Å². The zero-order valence-electron chi connectivity index (χ0n) is 16.4. The van der Waals surface area contributed by atoms with E-state index in [2.05, 4.69) is 10.5 Å². The zero-order chi connectivity index (χ0) is 19.4. The Hall–Kier alpha value is -1.41. The Bertz CT molecular complexity index is 724. The van der Waals surface area contributed by atoms with Gasteiger partial charge in [0.05, 0.1) is 0 Å². The number of piperidine rings is 1. The average molecular weight is 398 g/mol. The van der Waals surface area contributed by atoms with Crippen LogP contribution in [0.5, 0.6) is 0 Å². The third-order valence-electron chi connectivity index (χ3n) is 5.83. The first-order valence-electron chi connectivity index (χ1n) is 10.1. The summed E-state index contributed by atoms with van der Waals surface area (Å²) in [6.45, 7) is 4.15. The Balaban J connectivity index is 1.50. The number of aryl methyl sites for hydroxylation is 2. The molecule has 1 aromatic heterocycles. The molecule has 2 fully saturated rings. The van der Waals surface area contributed by atoms with E-state index in [1.165, 1.54) is 30.0 Å². The van der Waals surface area contributed by atoms with Crippen molar-refractivity contribution >= 4 is 15.9 Å². The molecule has 0 bridgehead atoms. The number of carbonyl (C=O) groups excluding carboxylic acids is 1. The fraction of sp³-hybridized carbons (Fsp3) is 0.789. The first-order valence-corrected chi connectivity index (χ1v) is 11.5. The summed E-state index contributed by atoms with van der Waals surface area (Å²) in [5.41, 5.74) is 0.400. The Morgan fingerprint density at radius 1 is 1.11 bits per heavy atom. The Morgan fingerprint density at radius 3 is 2.30 bits per heavy atom. The number of hydrogen-bond donors (Lipinski definition) is 1. The lowest BCUT2D eigenvalue weighted by molar-refractivity contribution is -0.123. The van der Waals surface area contributed by atoms with Crippen LogP contribution in [0.1, 0.15) is 69.2 Å². The summed E-state index contributed by atoms with van der Waals surface area (Å²) in [5, 5.41) is 6.95. The van der Waals surface area contributed by atoms with Crippen LogP contribution in [-0.2, 0) is 14.8 Å². The van der Waals surface area contributed by atoms with Gasteiger partial charge in [-0.3, -0.25) is 4.79 Å². The number of carbonyl (C=O) groups is 1. The van der Waals surface area contributed by atoms with E-state index in [9.17, 15) is 13.2 Å². The minimum Gasteiger partial charge on any atom is -0.360 e. The molecule has 7 nitrogen and oxygen atoms in total. The fourth-order valence-corrected chi connectivity index (χ4v) is 6.06. The van der Waals surface area contributed by atoms with E-state index in [1.54, 1.807) is 13.8 Å². The van der Waals surface area contributed by atoms with Gasteiger partial charge in [-0.25, -0.2) is 8.42 Å². The summed E-state index contributed by atoms with van der Waals surface area (Å²) in [6.07, 6.45) is 9.01. The molecule has 27 heavy (non-hydrogen) atoms. The number of sulfonamides is 1. The molecular formula is C19H31N3O4S. The van der Waals surface area contributed by atoms with Crippen molar-refractivity contribution in [3.63, 3.8) is 0 Å². The maximum Gasteiger partial charge on any atom is 0.248 e. The molecule has 1 aromatic rings. The fourth-order valence-electron chi connectivity index (χ4n) is 4.30. The van der Waals surface area contributed by atoms with Crippen molar-refractivity contribution < 1.29 is 17.7 Å². The molecule has 0 atom stereocenters. The van der Waals surface area contributed by atoms with Gasteiger partial charge >= 0.3 is 0 Å². The minimum absolute atomic E-state index is 0.119. The van der Waals surface area contributed by atoms with Gasteiger partial charge in [0.1, 0.15) is 10.6 Å². The first-order chi connectivity index (χ1) is 12.9. The van der Waals surface area contributed by atoms with Crippen molar-refractivity contribution in [3.8, 4) is 0 Å². The predicted octanol–water partition coefficient (Wildman–Crippen LogP) is 2.92. The van der Waals surface area contributed by atoms with E-state index in [0.29, 0.717) is 49.8 Å². The lowest BCUT2D eigenvalue weighted by Gasteiger charge is -2.31. The molecule has 0 radical (unpaired) electrons. The lowest BCUT2D eigenvalue weighted by Crippen LogP contribution is -2.41. The van der Waals surface area contributed by atoms with E-state index in [4.69, 9.17) is 4.52 Å². The van der Waals surface area contributed by atoms with Crippen LogP contribution >= 0.6 is 0 Å². The maximum absolute atomic E-state index is 12.9. The molecule has 152 valence electrons. The van der Waals surface area contributed by atoms with Crippen LogP contribution in [0.2, 0.25) is 0 Å². The third kappa shape index (κ3) is 4.90. The van der Waals surface area contributed by atoms with Gasteiger partial charge in [-0.2, -0.15) is 4.31 Å². The molecule has 1 saturated carbocycles. The number of amides is 1. The van der Waals surface area contributed by atoms with Crippen LogP contribution in [-0.4, -0.2) is 42.9 Å². The van der Waals surface area contributed by atoms with E-state index in [0.717, 1.165) is 12.8 Å². The summed E-state index contributed by atoms with van der Waals surface area (Å²) in [4.78, 5) is 12.6. The summed E-state index contributed by atoms with van der Waals surface area (Å²) in [6, 6.07) is 0.319. The number of rotatable bonds is 5. The minimum atomic E-state index is -3.58. The molecule has 1 saturated heterocycles. The standard InChI is InChI=1S/C19H31N3O4S/c1-14-19(15(2)26-21-14)27(24,25)22-11-9-16(10-12-22)13-18(23)20-17-7-5-3-4-6-8-17/h16-17H,3-13H2,1-2H3,(H,20,23). The second kappa shape index (κ2) is 8.73. The smallest absolute Gasteiger partial charge is 0.248 e. The first kappa shape index (κ1) is 20.3. The van der Waals surface area contributed by atoms with Crippen LogP contribution in [0.25, 0.3) is 0 Å². The van der Waals surface area contributed by atoms with Gasteiger partial charge < -0.3 is 9.84 Å². The molecule has 1 amide bonds. The number of nitrogens with zero attached hydrogens (tertiary/aromatic N) is 2. The SMILES string of the molecule is Cc1noc(C)c1S(=O)(=O)N1CCC(CC(=O)NC2CCCCCC2)CC1. The summed E-state index contributed by atoms with van der Waals surface area (Å²) in [5.74, 6) is 0.693. The van der Waals surface area contributed by atoms with Crippen molar-refractivity contribution in [2.24, 2.45) is 5.92 Å². The van der Waals surface area contributed by atoms with E-state index < -0.39 is 10.0 Å². The average Bonchev–Trinajstić information content (AvgIpc) is 2.82. The van der Waals surface area contributed by atoms with Crippen LogP contribution in [0.15, 0.2) is 9.42 Å². The maximum atomic E-state index is 12.9. The van der Waals surface area contributed by atoms with Crippen LogP contribution < -0.4 is 5.32 Å². The van der Waals surface area contributed by atoms with Crippen molar-refractivity contribution in [2.45, 2.75) is 82.6 Å². The second-order valence-electron chi connectivity index (χ2n) is 7.96. The molecule has 8 heteroatoms. The molecule has 1 aliphatic carbocycles. The molecular weight excluding hydrogens is 366 g/mol. The number of nitrogens with one attached hydrogen (secondary N) is 1. The molecule has 1 aliphatic heterocycles. The van der Waals surface area contributed by atoms with Crippen molar-refractivity contribution in [1.82, 2.24) is 14.8 Å². The van der Waals surface area contributed by atoms with E-state index in [1.807, 2.05) is 0 Å². The van der Waals surface area contributed by atoms with Crippen molar-refractivity contribution in [1.29, 1.82) is 0 Å². The Morgan fingerprint density at radius 2 is 1.74 bits per heavy atom. The molecule has 1 N–H and O–H groups in total. The summed E-state index contributed by atoms with van der Waals surface area (Å²) in [7, 11) is -3.58. The monoisotopic (exact) mass is 397 g/mol. The van der Waals surface area contributed by atoms with Gasteiger partial charge in [0.25, 0.3) is 0 Å². The highest BCUT2D eigenvalue weighted by atomic mass is 32.2. The highest BCUT2D eigenvalue weighted by molar-refractivity contribution is 7.89. The van der Waals surface area contributed by atoms with Crippen molar-refractivity contribution in [3.05, 3.63) is 11.5 Å². The molecule has 0 spiro atoms. The number of aromatic nitrogens is 1. The van der Waals surface area contributed by atoms with E-state index in [-0.39, 0.29) is 16.7 Å². The second-order valence-corrected chi connectivity index (χ2v) is 9.84. The molecule has 2 heterocycles. The molecule has 2 aliphatic rings. The van der Waals surface area contributed by atoms with Gasteiger partial charge in [-0.15, -0.1) is 0 Å². The third-order valence-corrected chi connectivity index (χ3v) is 7.98. The quantitative estimate of drug-likeness (QED) is 0.771. The Kier molecular flexibility index (Phi) is 6.57. The summed E-state index contributed by atoms with van der Waals surface area (Å²) >= 11 is 0. The van der Waals surface area contributed by atoms with Crippen LogP contribution in [0.3, 0.4) is 0 Å². The van der Waals surface area contributed by atoms with Crippen LogP contribution in [0.4, 0.5) is 0 Å². The largest absolute Gasteiger partial charge is 0.360 e. The van der Waals surface area contributed by atoms with Gasteiger partial charge in [0.15, 0.2) is 5.76 Å².